The summed E-state index contributed by atoms with van der Waals surface area (Å²) in [6, 6.07) is 8.80. The van der Waals surface area contributed by atoms with Crippen LogP contribution in [0.15, 0.2) is 36.5 Å². The molecule has 27 heavy (non-hydrogen) atoms. The van der Waals surface area contributed by atoms with E-state index in [2.05, 4.69) is 5.10 Å². The van der Waals surface area contributed by atoms with E-state index in [4.69, 9.17) is 21.1 Å². The summed E-state index contributed by atoms with van der Waals surface area (Å²) in [7, 11) is 0. The molecule has 1 aromatic heterocycles. The van der Waals surface area contributed by atoms with Gasteiger partial charge >= 0.3 is 6.09 Å². The van der Waals surface area contributed by atoms with Gasteiger partial charge in [0.15, 0.2) is 12.4 Å². The zero-order valence-electron chi connectivity index (χ0n) is 15.0. The van der Waals surface area contributed by atoms with Crippen molar-refractivity contribution in [3.63, 3.8) is 0 Å². The number of rotatable bonds is 5. The molecule has 1 aliphatic heterocycles. The van der Waals surface area contributed by atoms with Crippen LogP contribution in [0.2, 0.25) is 5.02 Å². The highest BCUT2D eigenvalue weighted by Gasteiger charge is 2.26. The van der Waals surface area contributed by atoms with Crippen molar-refractivity contribution in [3.05, 3.63) is 47.2 Å². The quantitative estimate of drug-likeness (QED) is 0.781. The van der Waals surface area contributed by atoms with Crippen molar-refractivity contribution in [2.45, 2.75) is 13.7 Å². The minimum atomic E-state index is -0.342. The van der Waals surface area contributed by atoms with Crippen molar-refractivity contribution in [2.24, 2.45) is 0 Å². The molecule has 0 radical (unpaired) electrons. The van der Waals surface area contributed by atoms with E-state index in [9.17, 15) is 9.59 Å². The maximum atomic E-state index is 12.6. The number of ether oxygens (including phenoxy) is 2. The van der Waals surface area contributed by atoms with Gasteiger partial charge in [0.25, 0.3) is 5.91 Å². The number of nitrogens with zero attached hydrogens (tertiary/aromatic N) is 4. The maximum Gasteiger partial charge on any atom is 0.409 e. The number of para-hydroxylation sites is 1. The molecule has 2 aromatic rings. The zero-order valence-corrected chi connectivity index (χ0v) is 15.8. The first kappa shape index (κ1) is 19.0. The number of hydrogen-bond acceptors (Lipinski definition) is 5. The number of benzene rings is 1. The van der Waals surface area contributed by atoms with Gasteiger partial charge in [0.1, 0.15) is 5.75 Å². The highest BCUT2D eigenvalue weighted by molar-refractivity contribution is 6.32. The van der Waals surface area contributed by atoms with Crippen LogP contribution in [-0.2, 0) is 11.5 Å². The Labute approximate surface area is 162 Å². The highest BCUT2D eigenvalue weighted by atomic mass is 35.5. The predicted octanol–water partition coefficient (Wildman–Crippen LogP) is 2.49. The van der Waals surface area contributed by atoms with E-state index in [1.807, 2.05) is 12.1 Å². The third kappa shape index (κ3) is 4.71. The van der Waals surface area contributed by atoms with Gasteiger partial charge in [-0.25, -0.2) is 9.48 Å². The predicted molar refractivity (Wildman–Crippen MR) is 98.8 cm³/mol. The van der Waals surface area contributed by atoms with Crippen molar-refractivity contribution < 1.29 is 19.1 Å². The average molecular weight is 393 g/mol. The summed E-state index contributed by atoms with van der Waals surface area (Å²) in [6.45, 7) is 4.03. The SMILES string of the molecule is CCOC(=O)N1CCN(C(=O)c2ccn(COc3ccccc3Cl)n2)CC1. The first-order valence-electron chi connectivity index (χ1n) is 8.70. The van der Waals surface area contributed by atoms with Crippen molar-refractivity contribution in [1.82, 2.24) is 19.6 Å². The van der Waals surface area contributed by atoms with Crippen molar-refractivity contribution in [1.29, 1.82) is 0 Å². The zero-order chi connectivity index (χ0) is 19.2. The van der Waals surface area contributed by atoms with Crippen LogP contribution in [0.3, 0.4) is 0 Å². The number of piperazine rings is 1. The minimum Gasteiger partial charge on any atom is -0.470 e. The molecule has 0 spiro atoms. The lowest BCUT2D eigenvalue weighted by Gasteiger charge is -2.33. The molecular weight excluding hydrogens is 372 g/mol. The van der Waals surface area contributed by atoms with Crippen LogP contribution in [0.1, 0.15) is 17.4 Å². The minimum absolute atomic E-state index is 0.146. The molecule has 2 amide bonds. The van der Waals surface area contributed by atoms with Crippen LogP contribution in [-0.4, -0.2) is 64.4 Å². The molecule has 1 aliphatic rings. The number of amides is 2. The normalized spacial score (nSPS) is 14.1. The first-order chi connectivity index (χ1) is 13.1. The number of hydrogen-bond donors (Lipinski definition) is 0. The van der Waals surface area contributed by atoms with Gasteiger partial charge in [0.05, 0.1) is 11.6 Å². The molecule has 2 heterocycles. The van der Waals surface area contributed by atoms with Crippen molar-refractivity contribution >= 4 is 23.6 Å². The Morgan fingerprint density at radius 1 is 1.11 bits per heavy atom. The smallest absolute Gasteiger partial charge is 0.409 e. The van der Waals surface area contributed by atoms with E-state index in [0.29, 0.717) is 49.3 Å². The molecular formula is C18H21ClN4O4. The summed E-state index contributed by atoms with van der Waals surface area (Å²) >= 11 is 6.05. The Morgan fingerprint density at radius 2 is 1.81 bits per heavy atom. The molecule has 1 aromatic carbocycles. The largest absolute Gasteiger partial charge is 0.470 e. The second kappa shape index (κ2) is 8.77. The molecule has 9 heteroatoms. The number of aromatic nitrogens is 2. The monoisotopic (exact) mass is 392 g/mol. The van der Waals surface area contributed by atoms with Crippen LogP contribution >= 0.6 is 11.6 Å². The molecule has 3 rings (SSSR count). The molecule has 0 saturated carbocycles. The third-order valence-electron chi connectivity index (χ3n) is 4.14. The first-order valence-corrected chi connectivity index (χ1v) is 9.08. The van der Waals surface area contributed by atoms with Gasteiger partial charge in [-0.3, -0.25) is 4.79 Å². The molecule has 1 saturated heterocycles. The summed E-state index contributed by atoms with van der Waals surface area (Å²) in [5.41, 5.74) is 0.336. The molecule has 0 N–H and O–H groups in total. The molecule has 8 nitrogen and oxygen atoms in total. The van der Waals surface area contributed by atoms with Crippen LogP contribution in [0.4, 0.5) is 4.79 Å². The molecule has 0 atom stereocenters. The molecule has 0 aliphatic carbocycles. The topological polar surface area (TPSA) is 76.9 Å². The van der Waals surface area contributed by atoms with Crippen molar-refractivity contribution in [2.75, 3.05) is 32.8 Å². The number of carbonyl (C=O) groups excluding carboxylic acids is 2. The van der Waals surface area contributed by atoms with E-state index in [0.717, 1.165) is 0 Å². The molecule has 0 bridgehead atoms. The van der Waals surface area contributed by atoms with Gasteiger partial charge in [0.2, 0.25) is 0 Å². The summed E-state index contributed by atoms with van der Waals surface area (Å²) in [5, 5.41) is 4.78. The van der Waals surface area contributed by atoms with E-state index in [-0.39, 0.29) is 18.7 Å². The Kier molecular flexibility index (Phi) is 6.18. The van der Waals surface area contributed by atoms with Crippen molar-refractivity contribution in [3.8, 4) is 5.75 Å². The lowest BCUT2D eigenvalue weighted by molar-refractivity contribution is 0.0564. The Bertz CT molecular complexity index is 802. The number of carbonyl (C=O) groups is 2. The van der Waals surface area contributed by atoms with E-state index in [1.54, 1.807) is 41.1 Å². The highest BCUT2D eigenvalue weighted by Crippen LogP contribution is 2.23. The Morgan fingerprint density at radius 3 is 2.52 bits per heavy atom. The van der Waals surface area contributed by atoms with Gasteiger partial charge < -0.3 is 19.3 Å². The fourth-order valence-electron chi connectivity index (χ4n) is 2.71. The standard InChI is InChI=1S/C18H21ClN4O4/c1-2-26-18(25)22-11-9-21(10-12-22)17(24)15-7-8-23(20-15)13-27-16-6-4-3-5-14(16)19/h3-8H,2,9-13H2,1H3. The third-order valence-corrected chi connectivity index (χ3v) is 4.45. The summed E-state index contributed by atoms with van der Waals surface area (Å²) in [5.74, 6) is 0.382. The van der Waals surface area contributed by atoms with Gasteiger partial charge in [-0.1, -0.05) is 23.7 Å². The van der Waals surface area contributed by atoms with Crippen LogP contribution in [0.25, 0.3) is 0 Å². The summed E-state index contributed by atoms with van der Waals surface area (Å²) < 4.78 is 12.1. The Balaban J connectivity index is 1.53. The van der Waals surface area contributed by atoms with E-state index >= 15 is 0 Å². The van der Waals surface area contributed by atoms with Crippen LogP contribution < -0.4 is 4.74 Å². The fourth-order valence-corrected chi connectivity index (χ4v) is 2.90. The second-order valence-electron chi connectivity index (χ2n) is 5.92. The van der Waals surface area contributed by atoms with Gasteiger partial charge in [-0.15, -0.1) is 0 Å². The average Bonchev–Trinajstić information content (AvgIpc) is 3.16. The Hall–Kier alpha value is -2.74. The number of halogens is 1. The lowest BCUT2D eigenvalue weighted by atomic mass is 10.3. The molecule has 144 valence electrons. The van der Waals surface area contributed by atoms with E-state index in [1.165, 1.54) is 4.68 Å². The van der Waals surface area contributed by atoms with Gasteiger partial charge in [-0.2, -0.15) is 5.10 Å². The van der Waals surface area contributed by atoms with Crippen LogP contribution in [0, 0.1) is 0 Å². The van der Waals surface area contributed by atoms with Gasteiger partial charge in [0, 0.05) is 32.4 Å². The summed E-state index contributed by atoms with van der Waals surface area (Å²) in [4.78, 5) is 27.6. The maximum absolute atomic E-state index is 12.6. The molecule has 0 unspecified atom stereocenters. The van der Waals surface area contributed by atoms with Crippen LogP contribution in [0.5, 0.6) is 5.75 Å². The second-order valence-corrected chi connectivity index (χ2v) is 6.33. The van der Waals surface area contributed by atoms with Gasteiger partial charge in [-0.05, 0) is 25.1 Å². The lowest BCUT2D eigenvalue weighted by Crippen LogP contribution is -2.50. The summed E-state index contributed by atoms with van der Waals surface area (Å²) in [6.07, 6.45) is 1.34. The van der Waals surface area contributed by atoms with E-state index < -0.39 is 0 Å². The molecule has 1 fully saturated rings. The fraction of sp³-hybridized carbons (Fsp3) is 0.389.